The van der Waals surface area contributed by atoms with E-state index in [-0.39, 0.29) is 23.1 Å². The molecule has 0 aliphatic carbocycles. The van der Waals surface area contributed by atoms with Gasteiger partial charge in [0.15, 0.2) is 0 Å². The molecule has 0 amide bonds. The van der Waals surface area contributed by atoms with E-state index in [9.17, 15) is 8.42 Å². The first-order valence-corrected chi connectivity index (χ1v) is 7.67. The van der Waals surface area contributed by atoms with E-state index in [1.807, 2.05) is 0 Å². The van der Waals surface area contributed by atoms with Gasteiger partial charge >= 0.3 is 0 Å². The Morgan fingerprint density at radius 1 is 1.30 bits per heavy atom. The van der Waals surface area contributed by atoms with Crippen LogP contribution in [0.25, 0.3) is 0 Å². The smallest absolute Gasteiger partial charge is 0.240 e. The molecule has 7 heteroatoms. The Hall–Kier alpha value is -1.47. The number of halogens is 1. The molecule has 0 radical (unpaired) electrons. The molecule has 0 fully saturated rings. The van der Waals surface area contributed by atoms with Crippen molar-refractivity contribution in [1.82, 2.24) is 9.71 Å². The van der Waals surface area contributed by atoms with Crippen LogP contribution < -0.4 is 4.72 Å². The number of aromatic nitrogens is 1. The van der Waals surface area contributed by atoms with Crippen molar-refractivity contribution in [1.29, 1.82) is 0 Å². The molecule has 0 saturated heterocycles. The summed E-state index contributed by atoms with van der Waals surface area (Å²) < 4.78 is 26.7. The van der Waals surface area contributed by atoms with Crippen LogP contribution in [0.4, 0.5) is 0 Å². The normalized spacial score (nSPS) is 11.5. The number of hydrogen-bond donors (Lipinski definition) is 2. The van der Waals surface area contributed by atoms with Gasteiger partial charge in [-0.15, -0.1) is 0 Å². The minimum atomic E-state index is -3.65. The Morgan fingerprint density at radius 2 is 2.10 bits per heavy atom. The predicted octanol–water partition coefficient (Wildman–Crippen LogP) is 1.71. The highest BCUT2D eigenvalue weighted by Gasteiger charge is 2.15. The van der Waals surface area contributed by atoms with Gasteiger partial charge in [0, 0.05) is 24.0 Å². The topological polar surface area (TPSA) is 79.3 Å². The molecular formula is C13H13ClN2O3S. The van der Waals surface area contributed by atoms with Gasteiger partial charge < -0.3 is 5.11 Å². The van der Waals surface area contributed by atoms with E-state index in [2.05, 4.69) is 9.71 Å². The molecule has 106 valence electrons. The third-order valence-electron chi connectivity index (χ3n) is 2.69. The summed E-state index contributed by atoms with van der Waals surface area (Å²) >= 11 is 5.89. The Morgan fingerprint density at radius 3 is 2.70 bits per heavy atom. The lowest BCUT2D eigenvalue weighted by Gasteiger charge is -2.08. The van der Waals surface area contributed by atoms with Crippen molar-refractivity contribution in [3.63, 3.8) is 0 Å². The van der Waals surface area contributed by atoms with Crippen molar-refractivity contribution >= 4 is 21.6 Å². The van der Waals surface area contributed by atoms with E-state index in [0.29, 0.717) is 5.56 Å². The summed E-state index contributed by atoms with van der Waals surface area (Å²) in [4.78, 5) is 3.97. The van der Waals surface area contributed by atoms with E-state index < -0.39 is 10.0 Å². The number of pyridine rings is 1. The Balaban J connectivity index is 2.16. The molecule has 0 bridgehead atoms. The third kappa shape index (κ3) is 3.55. The first-order valence-electron chi connectivity index (χ1n) is 5.81. The number of benzene rings is 1. The molecule has 2 N–H and O–H groups in total. The molecule has 0 atom stereocenters. The zero-order valence-corrected chi connectivity index (χ0v) is 12.0. The van der Waals surface area contributed by atoms with Gasteiger partial charge in [-0.2, -0.15) is 0 Å². The number of rotatable bonds is 5. The quantitative estimate of drug-likeness (QED) is 0.881. The molecule has 1 aromatic heterocycles. The fourth-order valence-corrected chi connectivity index (χ4v) is 2.94. The zero-order chi connectivity index (χ0) is 14.6. The monoisotopic (exact) mass is 312 g/mol. The SMILES string of the molecule is O=S(=O)(NCc1cccnc1)c1ccc(CO)c(Cl)c1. The average Bonchev–Trinajstić information content (AvgIpc) is 2.46. The minimum absolute atomic E-state index is 0.0589. The first kappa shape index (κ1) is 14.9. The largest absolute Gasteiger partial charge is 0.392 e. The van der Waals surface area contributed by atoms with Crippen LogP contribution in [-0.2, 0) is 23.2 Å². The minimum Gasteiger partial charge on any atom is -0.392 e. The van der Waals surface area contributed by atoms with E-state index in [1.165, 1.54) is 18.2 Å². The fourth-order valence-electron chi connectivity index (χ4n) is 1.59. The highest BCUT2D eigenvalue weighted by atomic mass is 35.5. The van der Waals surface area contributed by atoms with E-state index in [4.69, 9.17) is 16.7 Å². The highest BCUT2D eigenvalue weighted by Crippen LogP contribution is 2.20. The lowest BCUT2D eigenvalue weighted by atomic mass is 10.2. The molecular weight excluding hydrogens is 300 g/mol. The van der Waals surface area contributed by atoms with Crippen LogP contribution in [0.1, 0.15) is 11.1 Å². The number of nitrogens with zero attached hydrogens (tertiary/aromatic N) is 1. The standard InChI is InChI=1S/C13H13ClN2O3S/c14-13-6-12(4-3-11(13)9-17)20(18,19)16-8-10-2-1-5-15-7-10/h1-7,16-17H,8-9H2. The van der Waals surface area contributed by atoms with Crippen molar-refractivity contribution in [3.05, 3.63) is 58.9 Å². The maximum Gasteiger partial charge on any atom is 0.240 e. The summed E-state index contributed by atoms with van der Waals surface area (Å²) in [6.07, 6.45) is 3.20. The molecule has 1 aromatic carbocycles. The predicted molar refractivity (Wildman–Crippen MR) is 75.6 cm³/mol. The van der Waals surface area contributed by atoms with E-state index in [0.717, 1.165) is 5.56 Å². The Labute approximate surface area is 122 Å². The lowest BCUT2D eigenvalue weighted by Crippen LogP contribution is -2.23. The van der Waals surface area contributed by atoms with E-state index in [1.54, 1.807) is 24.5 Å². The van der Waals surface area contributed by atoms with Crippen LogP contribution in [0.15, 0.2) is 47.6 Å². The second kappa shape index (κ2) is 6.32. The zero-order valence-electron chi connectivity index (χ0n) is 10.5. The van der Waals surface area contributed by atoms with Crippen LogP contribution in [-0.4, -0.2) is 18.5 Å². The van der Waals surface area contributed by atoms with Crippen LogP contribution in [0.3, 0.4) is 0 Å². The molecule has 0 saturated carbocycles. The molecule has 0 spiro atoms. The van der Waals surface area contributed by atoms with Crippen molar-refractivity contribution in [2.45, 2.75) is 18.0 Å². The Bertz CT molecular complexity index is 690. The van der Waals surface area contributed by atoms with E-state index >= 15 is 0 Å². The number of aliphatic hydroxyl groups excluding tert-OH is 1. The molecule has 1 heterocycles. The average molecular weight is 313 g/mol. The summed E-state index contributed by atoms with van der Waals surface area (Å²) in [6, 6.07) is 7.72. The number of sulfonamides is 1. The van der Waals surface area contributed by atoms with Crippen molar-refractivity contribution in [2.75, 3.05) is 0 Å². The summed E-state index contributed by atoms with van der Waals surface area (Å²) in [5.74, 6) is 0. The molecule has 0 aliphatic heterocycles. The lowest BCUT2D eigenvalue weighted by molar-refractivity contribution is 0.282. The summed E-state index contributed by atoms with van der Waals surface area (Å²) in [7, 11) is -3.65. The fraction of sp³-hybridized carbons (Fsp3) is 0.154. The van der Waals surface area contributed by atoms with Gasteiger partial charge in [0.2, 0.25) is 10.0 Å². The first-order chi connectivity index (χ1) is 9.53. The third-order valence-corrected chi connectivity index (χ3v) is 4.45. The molecule has 0 unspecified atom stereocenters. The van der Waals surface area contributed by atoms with Gasteiger partial charge in [-0.25, -0.2) is 13.1 Å². The number of aliphatic hydroxyl groups is 1. The van der Waals surface area contributed by atoms with Crippen LogP contribution >= 0.6 is 11.6 Å². The highest BCUT2D eigenvalue weighted by molar-refractivity contribution is 7.89. The number of hydrogen-bond acceptors (Lipinski definition) is 4. The van der Waals surface area contributed by atoms with Crippen LogP contribution in [0.2, 0.25) is 5.02 Å². The van der Waals surface area contributed by atoms with Gasteiger partial charge in [-0.05, 0) is 29.3 Å². The Kier molecular flexibility index (Phi) is 4.72. The number of nitrogens with one attached hydrogen (secondary N) is 1. The molecule has 2 aromatic rings. The van der Waals surface area contributed by atoms with Gasteiger partial charge in [0.25, 0.3) is 0 Å². The van der Waals surface area contributed by atoms with Crippen molar-refractivity contribution < 1.29 is 13.5 Å². The molecule has 0 aliphatic rings. The summed E-state index contributed by atoms with van der Waals surface area (Å²) in [5.41, 5.74) is 1.24. The summed E-state index contributed by atoms with van der Waals surface area (Å²) in [5, 5.41) is 9.23. The van der Waals surface area contributed by atoms with Gasteiger partial charge in [-0.1, -0.05) is 23.7 Å². The maximum absolute atomic E-state index is 12.1. The van der Waals surface area contributed by atoms with Gasteiger partial charge in [0.1, 0.15) is 0 Å². The molecule has 5 nitrogen and oxygen atoms in total. The van der Waals surface area contributed by atoms with Crippen LogP contribution in [0, 0.1) is 0 Å². The molecule has 2 rings (SSSR count). The second-order valence-electron chi connectivity index (χ2n) is 4.10. The van der Waals surface area contributed by atoms with Crippen LogP contribution in [0.5, 0.6) is 0 Å². The summed E-state index contributed by atoms with van der Waals surface area (Å²) in [6.45, 7) is -0.0855. The second-order valence-corrected chi connectivity index (χ2v) is 6.27. The molecule has 20 heavy (non-hydrogen) atoms. The van der Waals surface area contributed by atoms with Gasteiger partial charge in [0.05, 0.1) is 11.5 Å². The maximum atomic E-state index is 12.1. The van der Waals surface area contributed by atoms with Crippen molar-refractivity contribution in [2.24, 2.45) is 0 Å². The van der Waals surface area contributed by atoms with Crippen molar-refractivity contribution in [3.8, 4) is 0 Å². The van der Waals surface area contributed by atoms with Gasteiger partial charge in [-0.3, -0.25) is 4.98 Å².